The predicted molar refractivity (Wildman–Crippen MR) is 192 cm³/mol. The molecular weight excluding hydrogens is 652 g/mol. The summed E-state index contributed by atoms with van der Waals surface area (Å²) in [7, 11) is 1.66. The zero-order chi connectivity index (χ0) is 36.6. The molecule has 1 aliphatic rings. The van der Waals surface area contributed by atoms with E-state index >= 15 is 0 Å². The Bertz CT molecular complexity index is 1830. The lowest BCUT2D eigenvalue weighted by molar-refractivity contribution is -0.138. The number of benzene rings is 4. The third-order valence-corrected chi connectivity index (χ3v) is 7.76. The normalized spacial score (nSPS) is 12.1. The van der Waals surface area contributed by atoms with E-state index in [0.29, 0.717) is 61.0 Å². The van der Waals surface area contributed by atoms with Crippen LogP contribution in [-0.4, -0.2) is 57.7 Å². The van der Waals surface area contributed by atoms with Gasteiger partial charge in [0.15, 0.2) is 0 Å². The Kier molecular flexibility index (Phi) is 14.1. The molecule has 0 saturated heterocycles. The summed E-state index contributed by atoms with van der Waals surface area (Å²) < 4.78 is 31.7. The third kappa shape index (κ3) is 10.9. The van der Waals surface area contributed by atoms with Crippen LogP contribution in [0, 0.1) is 0 Å². The second-order valence-corrected chi connectivity index (χ2v) is 11.2. The number of carbonyl (C=O) groups excluding carboxylic acids is 4. The summed E-state index contributed by atoms with van der Waals surface area (Å²) >= 11 is 0. The van der Waals surface area contributed by atoms with Gasteiger partial charge in [-0.15, -0.1) is 0 Å². The maximum Gasteiger partial charge on any atom is 0.343 e. The Morgan fingerprint density at radius 3 is 1.61 bits per heavy atom. The first kappa shape index (κ1) is 37.7. The van der Waals surface area contributed by atoms with E-state index in [1.165, 1.54) is 11.1 Å². The molecule has 0 aromatic heterocycles. The second-order valence-electron chi connectivity index (χ2n) is 11.2. The van der Waals surface area contributed by atoms with Gasteiger partial charge < -0.3 is 28.4 Å². The first-order chi connectivity index (χ1) is 24.8. The van der Waals surface area contributed by atoms with Gasteiger partial charge in [-0.25, -0.2) is 14.4 Å². The number of hydrogen-bond acceptors (Lipinski definition) is 10. The van der Waals surface area contributed by atoms with Gasteiger partial charge in [0.05, 0.1) is 39.1 Å². The lowest BCUT2D eigenvalue weighted by Gasteiger charge is -2.10. The zero-order valence-corrected chi connectivity index (χ0v) is 28.6. The van der Waals surface area contributed by atoms with Gasteiger partial charge in [0.2, 0.25) is 0 Å². The first-order valence-electron chi connectivity index (χ1n) is 16.3. The van der Waals surface area contributed by atoms with Gasteiger partial charge in [0, 0.05) is 36.5 Å². The molecule has 0 saturated carbocycles. The van der Waals surface area contributed by atoms with Crippen LogP contribution in [0.4, 0.5) is 0 Å². The highest BCUT2D eigenvalue weighted by atomic mass is 16.5. The van der Waals surface area contributed by atoms with Gasteiger partial charge in [-0.2, -0.15) is 0 Å². The van der Waals surface area contributed by atoms with Crippen LogP contribution >= 0.6 is 0 Å². The number of aldehydes is 1. The van der Waals surface area contributed by atoms with Crippen molar-refractivity contribution in [3.05, 3.63) is 132 Å². The van der Waals surface area contributed by atoms with E-state index in [-0.39, 0.29) is 12.5 Å². The summed E-state index contributed by atoms with van der Waals surface area (Å²) in [5.41, 5.74) is 5.68. The molecule has 0 N–H and O–H groups in total. The fraction of sp³-hybridized carbons (Fsp3) is 0.220. The first-order valence-corrected chi connectivity index (χ1v) is 16.3. The molecule has 0 bridgehead atoms. The summed E-state index contributed by atoms with van der Waals surface area (Å²) in [5, 5.41) is 0. The van der Waals surface area contributed by atoms with E-state index in [1.807, 2.05) is 24.3 Å². The molecule has 0 radical (unpaired) electrons. The van der Waals surface area contributed by atoms with Crippen LogP contribution in [0.2, 0.25) is 0 Å². The van der Waals surface area contributed by atoms with Gasteiger partial charge in [0.1, 0.15) is 29.3 Å². The van der Waals surface area contributed by atoms with Crippen LogP contribution in [0.1, 0.15) is 57.5 Å². The monoisotopic (exact) mass is 692 g/mol. The van der Waals surface area contributed by atoms with Crippen LogP contribution in [0.25, 0.3) is 11.1 Å². The van der Waals surface area contributed by atoms with Gasteiger partial charge in [-0.1, -0.05) is 32.2 Å². The van der Waals surface area contributed by atoms with Crippen molar-refractivity contribution in [2.75, 3.05) is 33.5 Å². The van der Waals surface area contributed by atoms with Crippen molar-refractivity contribution in [1.29, 1.82) is 0 Å². The maximum atomic E-state index is 12.7. The lowest BCUT2D eigenvalue weighted by Crippen LogP contribution is -2.09. The van der Waals surface area contributed by atoms with Crippen LogP contribution < -0.4 is 18.9 Å². The quantitative estimate of drug-likeness (QED) is 0.0382. The van der Waals surface area contributed by atoms with E-state index < -0.39 is 17.9 Å². The minimum atomic E-state index is -0.453. The number of esters is 3. The fourth-order valence-corrected chi connectivity index (χ4v) is 5.10. The van der Waals surface area contributed by atoms with E-state index in [9.17, 15) is 19.2 Å². The van der Waals surface area contributed by atoms with Crippen LogP contribution in [-0.2, 0) is 19.1 Å². The minimum absolute atomic E-state index is 0.176. The van der Waals surface area contributed by atoms with Gasteiger partial charge in [-0.05, 0) is 95.1 Å². The molecule has 264 valence electrons. The molecule has 0 amide bonds. The van der Waals surface area contributed by atoms with Crippen molar-refractivity contribution in [3.63, 3.8) is 0 Å². The van der Waals surface area contributed by atoms with Gasteiger partial charge >= 0.3 is 17.9 Å². The molecule has 1 atom stereocenters. The average molecular weight is 693 g/mol. The second kappa shape index (κ2) is 19.1. The molecule has 4 aromatic rings. The number of ether oxygens (including phenoxy) is 6. The highest BCUT2D eigenvalue weighted by Gasteiger charge is 2.26. The Labute approximate surface area is 297 Å². The van der Waals surface area contributed by atoms with Crippen LogP contribution in [0.5, 0.6) is 23.0 Å². The molecule has 0 spiro atoms. The largest absolute Gasteiger partial charge is 0.497 e. The molecule has 0 fully saturated rings. The number of rotatable bonds is 16. The Morgan fingerprint density at radius 2 is 1.12 bits per heavy atom. The SMILES string of the molecule is C=CC(=O)OCCCOc1ccc(C(=O)Oc2ccc3c(c2)C(C)c2cc(OC)ccc2-3)cc1.C=CC(=O)OCCCOc1ccc(C=O)cc1. The fourth-order valence-electron chi connectivity index (χ4n) is 5.10. The van der Waals surface area contributed by atoms with E-state index in [0.717, 1.165) is 35.3 Å². The summed E-state index contributed by atoms with van der Waals surface area (Å²) in [6, 6.07) is 25.4. The molecule has 4 aromatic carbocycles. The Morgan fingerprint density at radius 1 is 0.647 bits per heavy atom. The number of hydrogen-bond donors (Lipinski definition) is 0. The molecule has 1 unspecified atom stereocenters. The molecule has 1 aliphatic carbocycles. The number of fused-ring (bicyclic) bond motifs is 3. The Hall–Kier alpha value is -6.16. The van der Waals surface area contributed by atoms with Crippen molar-refractivity contribution in [3.8, 4) is 34.1 Å². The molecule has 0 aliphatic heterocycles. The summed E-state index contributed by atoms with van der Waals surface area (Å²) in [5.74, 6) is 1.49. The van der Waals surface area contributed by atoms with Crippen molar-refractivity contribution < 1.29 is 47.6 Å². The van der Waals surface area contributed by atoms with E-state index in [1.54, 1.807) is 55.6 Å². The predicted octanol–water partition coefficient (Wildman–Crippen LogP) is 7.54. The molecule has 0 heterocycles. The zero-order valence-electron chi connectivity index (χ0n) is 28.6. The smallest absolute Gasteiger partial charge is 0.343 e. The van der Waals surface area contributed by atoms with Crippen molar-refractivity contribution in [1.82, 2.24) is 0 Å². The highest BCUT2D eigenvalue weighted by Crippen LogP contribution is 2.47. The summed E-state index contributed by atoms with van der Waals surface area (Å²) in [4.78, 5) is 44.8. The van der Waals surface area contributed by atoms with Crippen molar-refractivity contribution in [2.24, 2.45) is 0 Å². The van der Waals surface area contributed by atoms with Crippen LogP contribution in [0.15, 0.2) is 110 Å². The standard InChI is InChI=1S/C28H26O6.C13H14O4/c1-4-27(29)33-15-5-14-32-20-8-6-19(7-9-20)28(30)34-22-11-13-24-23-12-10-21(31-3)16-25(23)18(2)26(24)17-22;1-2-13(15)17-9-3-8-16-12-6-4-11(10-14)5-7-12/h4,6-13,16-18H,1,5,14-15H2,2-3H3;2,4-7,10H,1,3,8-9H2. The van der Waals surface area contributed by atoms with Crippen molar-refractivity contribution >= 4 is 24.2 Å². The van der Waals surface area contributed by atoms with Crippen molar-refractivity contribution in [2.45, 2.75) is 25.7 Å². The molecule has 10 heteroatoms. The molecular formula is C41H40O10. The highest BCUT2D eigenvalue weighted by molar-refractivity contribution is 5.91. The lowest BCUT2D eigenvalue weighted by atomic mass is 9.99. The molecule has 10 nitrogen and oxygen atoms in total. The van der Waals surface area contributed by atoms with Gasteiger partial charge in [-0.3, -0.25) is 4.79 Å². The Balaban J connectivity index is 0.000000289. The topological polar surface area (TPSA) is 124 Å². The number of carbonyl (C=O) groups is 4. The van der Waals surface area contributed by atoms with E-state index in [2.05, 4.69) is 32.2 Å². The number of methoxy groups -OCH3 is 1. The third-order valence-electron chi connectivity index (χ3n) is 7.76. The maximum absolute atomic E-state index is 12.7. The minimum Gasteiger partial charge on any atom is -0.497 e. The van der Waals surface area contributed by atoms with E-state index in [4.69, 9.17) is 28.4 Å². The summed E-state index contributed by atoms with van der Waals surface area (Å²) in [6.07, 6.45) is 4.18. The molecule has 51 heavy (non-hydrogen) atoms. The van der Waals surface area contributed by atoms with Gasteiger partial charge in [0.25, 0.3) is 0 Å². The summed E-state index contributed by atoms with van der Waals surface area (Å²) in [6.45, 7) is 10.2. The van der Waals surface area contributed by atoms with Crippen LogP contribution in [0.3, 0.4) is 0 Å². The molecule has 5 rings (SSSR count). The average Bonchev–Trinajstić information content (AvgIpc) is 3.44.